The van der Waals surface area contributed by atoms with Gasteiger partial charge in [0.2, 0.25) is 0 Å². The fraction of sp³-hybridized carbons (Fsp3) is 0.409. The third-order valence-corrected chi connectivity index (χ3v) is 5.43. The van der Waals surface area contributed by atoms with Crippen LogP contribution in [0.3, 0.4) is 0 Å². The van der Waals surface area contributed by atoms with Crippen molar-refractivity contribution in [2.24, 2.45) is 0 Å². The number of halogens is 2. The van der Waals surface area contributed by atoms with Gasteiger partial charge in [-0.05, 0) is 43.3 Å². The van der Waals surface area contributed by atoms with Gasteiger partial charge in [0.15, 0.2) is 5.78 Å². The van der Waals surface area contributed by atoms with Gasteiger partial charge in [-0.3, -0.25) is 14.6 Å². The molecule has 0 bridgehead atoms. The molecular formula is C22H26ClFN2O3. The SMILES string of the molecule is CC(=O)c1ccc(OCC(O)CN2CCN(Cc3c(F)cccc3Cl)CC2)cc1. The second-order valence-corrected chi connectivity index (χ2v) is 7.73. The summed E-state index contributed by atoms with van der Waals surface area (Å²) in [6.07, 6.45) is -0.616. The van der Waals surface area contributed by atoms with Crippen LogP contribution < -0.4 is 4.74 Å². The molecule has 1 aliphatic heterocycles. The summed E-state index contributed by atoms with van der Waals surface area (Å²) in [6, 6.07) is 11.6. The molecule has 1 N–H and O–H groups in total. The number of carbonyl (C=O) groups excluding carboxylic acids is 1. The topological polar surface area (TPSA) is 53.0 Å². The Morgan fingerprint density at radius 2 is 1.79 bits per heavy atom. The predicted octanol–water partition coefficient (Wildman–Crippen LogP) is 3.24. The maximum Gasteiger partial charge on any atom is 0.159 e. The molecule has 1 heterocycles. The van der Waals surface area contributed by atoms with Crippen LogP contribution in [0.15, 0.2) is 42.5 Å². The van der Waals surface area contributed by atoms with Crippen LogP contribution in [0.4, 0.5) is 4.39 Å². The average molecular weight is 421 g/mol. The molecule has 0 saturated carbocycles. The van der Waals surface area contributed by atoms with Crippen molar-refractivity contribution in [3.63, 3.8) is 0 Å². The van der Waals surface area contributed by atoms with E-state index in [1.165, 1.54) is 13.0 Å². The van der Waals surface area contributed by atoms with Crippen LogP contribution in [0.25, 0.3) is 0 Å². The number of ether oxygens (including phenoxy) is 1. The smallest absolute Gasteiger partial charge is 0.159 e. The molecule has 2 aromatic carbocycles. The maximum absolute atomic E-state index is 14.0. The van der Waals surface area contributed by atoms with Crippen molar-refractivity contribution in [1.82, 2.24) is 9.80 Å². The van der Waals surface area contributed by atoms with Crippen LogP contribution in [0.2, 0.25) is 5.02 Å². The van der Waals surface area contributed by atoms with Crippen molar-refractivity contribution in [3.05, 3.63) is 64.4 Å². The summed E-state index contributed by atoms with van der Waals surface area (Å²) in [6.45, 7) is 5.85. The Bertz CT molecular complexity index is 803. The molecule has 0 aromatic heterocycles. The molecule has 3 rings (SSSR count). The first-order valence-corrected chi connectivity index (χ1v) is 10.1. The number of rotatable bonds is 8. The minimum atomic E-state index is -0.616. The third-order valence-electron chi connectivity index (χ3n) is 5.08. The highest BCUT2D eigenvalue weighted by Crippen LogP contribution is 2.21. The number of nitrogens with zero attached hydrogens (tertiary/aromatic N) is 2. The van der Waals surface area contributed by atoms with Crippen molar-refractivity contribution >= 4 is 17.4 Å². The number of Topliss-reactive ketones (excluding diaryl/α,β-unsaturated/α-hetero) is 1. The number of hydrogen-bond acceptors (Lipinski definition) is 5. The van der Waals surface area contributed by atoms with E-state index >= 15 is 0 Å². The van der Waals surface area contributed by atoms with E-state index in [1.54, 1.807) is 36.4 Å². The van der Waals surface area contributed by atoms with Gasteiger partial charge in [-0.1, -0.05) is 17.7 Å². The molecule has 1 fully saturated rings. The van der Waals surface area contributed by atoms with Crippen LogP contribution in [0.5, 0.6) is 5.75 Å². The zero-order chi connectivity index (χ0) is 20.8. The second kappa shape index (κ2) is 10.2. The number of piperazine rings is 1. The zero-order valence-corrected chi connectivity index (χ0v) is 17.2. The normalized spacial score (nSPS) is 16.6. The van der Waals surface area contributed by atoms with Crippen molar-refractivity contribution in [1.29, 1.82) is 0 Å². The molecule has 2 aromatic rings. The van der Waals surface area contributed by atoms with Crippen LogP contribution in [-0.2, 0) is 6.54 Å². The lowest BCUT2D eigenvalue weighted by atomic mass is 10.1. The lowest BCUT2D eigenvalue weighted by Crippen LogP contribution is -2.48. The Morgan fingerprint density at radius 3 is 2.41 bits per heavy atom. The number of benzene rings is 2. The van der Waals surface area contributed by atoms with Crippen LogP contribution >= 0.6 is 11.6 Å². The molecule has 156 valence electrons. The van der Waals surface area contributed by atoms with Gasteiger partial charge in [-0.25, -0.2) is 4.39 Å². The summed E-state index contributed by atoms with van der Waals surface area (Å²) in [5.41, 5.74) is 1.17. The predicted molar refractivity (Wildman–Crippen MR) is 111 cm³/mol. The number of hydrogen-bond donors (Lipinski definition) is 1. The molecule has 0 radical (unpaired) electrons. The maximum atomic E-state index is 14.0. The first-order chi connectivity index (χ1) is 13.9. The lowest BCUT2D eigenvalue weighted by molar-refractivity contribution is 0.0444. The zero-order valence-electron chi connectivity index (χ0n) is 16.5. The van der Waals surface area contributed by atoms with Crippen molar-refractivity contribution in [2.75, 3.05) is 39.3 Å². The quantitative estimate of drug-likeness (QED) is 0.664. The largest absolute Gasteiger partial charge is 0.491 e. The molecule has 0 amide bonds. The van der Waals surface area contributed by atoms with Gasteiger partial charge in [-0.15, -0.1) is 0 Å². The van der Waals surface area contributed by atoms with Crippen molar-refractivity contribution in [3.8, 4) is 5.75 Å². The summed E-state index contributed by atoms with van der Waals surface area (Å²) in [7, 11) is 0. The molecule has 29 heavy (non-hydrogen) atoms. The minimum Gasteiger partial charge on any atom is -0.491 e. The van der Waals surface area contributed by atoms with Crippen LogP contribution in [0, 0.1) is 5.82 Å². The summed E-state index contributed by atoms with van der Waals surface area (Å²) in [5, 5.41) is 10.7. The molecule has 0 spiro atoms. The highest BCUT2D eigenvalue weighted by molar-refractivity contribution is 6.31. The highest BCUT2D eigenvalue weighted by Gasteiger charge is 2.21. The Labute approximate surface area is 175 Å². The summed E-state index contributed by atoms with van der Waals surface area (Å²) >= 11 is 6.11. The minimum absolute atomic E-state index is 0.00741. The van der Waals surface area contributed by atoms with Gasteiger partial charge in [-0.2, -0.15) is 0 Å². The average Bonchev–Trinajstić information content (AvgIpc) is 2.71. The Balaban J connectivity index is 1.40. The summed E-state index contributed by atoms with van der Waals surface area (Å²) < 4.78 is 19.6. The number of ketones is 1. The number of aliphatic hydroxyl groups is 1. The van der Waals surface area contributed by atoms with E-state index in [9.17, 15) is 14.3 Å². The van der Waals surface area contributed by atoms with Gasteiger partial charge in [0, 0.05) is 55.4 Å². The lowest BCUT2D eigenvalue weighted by Gasteiger charge is -2.35. The third kappa shape index (κ3) is 6.24. The van der Waals surface area contributed by atoms with Crippen LogP contribution in [-0.4, -0.2) is 66.1 Å². The number of aliphatic hydroxyl groups excluding tert-OH is 1. The van der Waals surface area contributed by atoms with E-state index in [0.29, 0.717) is 35.0 Å². The summed E-state index contributed by atoms with van der Waals surface area (Å²) in [4.78, 5) is 15.6. The van der Waals surface area contributed by atoms with Crippen molar-refractivity contribution in [2.45, 2.75) is 19.6 Å². The van der Waals surface area contributed by atoms with Crippen LogP contribution in [0.1, 0.15) is 22.8 Å². The van der Waals surface area contributed by atoms with Gasteiger partial charge < -0.3 is 9.84 Å². The first kappa shape index (κ1) is 21.7. The van der Waals surface area contributed by atoms with Gasteiger partial charge in [0.05, 0.1) is 0 Å². The Kier molecular flexibility index (Phi) is 7.61. The molecule has 1 saturated heterocycles. The fourth-order valence-corrected chi connectivity index (χ4v) is 3.59. The number of β-amino-alcohol motifs (C(OH)–C–C–N with tert-alkyl or cyclic N) is 1. The standard InChI is InChI=1S/C22H26ClFN2O3/c1-16(27)17-5-7-19(8-6-17)29-15-18(28)13-25-9-11-26(12-10-25)14-20-21(23)3-2-4-22(20)24/h2-8,18,28H,9-15H2,1H3. The van der Waals surface area contributed by atoms with E-state index < -0.39 is 6.10 Å². The molecule has 7 heteroatoms. The van der Waals surface area contributed by atoms with E-state index in [4.69, 9.17) is 16.3 Å². The second-order valence-electron chi connectivity index (χ2n) is 7.32. The molecule has 1 unspecified atom stereocenters. The molecule has 1 aliphatic rings. The summed E-state index contributed by atoms with van der Waals surface area (Å²) in [5.74, 6) is 0.359. The van der Waals surface area contributed by atoms with E-state index in [1.807, 2.05) is 0 Å². The Morgan fingerprint density at radius 1 is 1.14 bits per heavy atom. The molecule has 5 nitrogen and oxygen atoms in total. The molecule has 1 atom stereocenters. The fourth-order valence-electron chi connectivity index (χ4n) is 3.37. The first-order valence-electron chi connectivity index (χ1n) is 9.72. The molecular weight excluding hydrogens is 395 g/mol. The highest BCUT2D eigenvalue weighted by atomic mass is 35.5. The van der Waals surface area contributed by atoms with E-state index in [0.717, 1.165) is 26.2 Å². The van der Waals surface area contributed by atoms with E-state index in [2.05, 4.69) is 9.80 Å². The van der Waals surface area contributed by atoms with Gasteiger partial charge in [0.1, 0.15) is 24.3 Å². The molecule has 0 aliphatic carbocycles. The Hall–Kier alpha value is -1.99. The van der Waals surface area contributed by atoms with E-state index in [-0.39, 0.29) is 18.2 Å². The van der Waals surface area contributed by atoms with Gasteiger partial charge >= 0.3 is 0 Å². The van der Waals surface area contributed by atoms with Crippen molar-refractivity contribution < 1.29 is 19.0 Å². The van der Waals surface area contributed by atoms with Gasteiger partial charge in [0.25, 0.3) is 0 Å². The monoisotopic (exact) mass is 420 g/mol. The number of carbonyl (C=O) groups is 1.